The largest absolute Gasteiger partial charge is 0.462 e. The topological polar surface area (TPSA) is 87.4 Å². The molecule has 0 rings (SSSR count). The first-order valence-corrected chi connectivity index (χ1v) is 5.03. The van der Waals surface area contributed by atoms with Crippen molar-refractivity contribution >= 4 is 11.8 Å². The number of aliphatic hydroxyl groups is 1. The lowest BCUT2D eigenvalue weighted by molar-refractivity contribution is -0.139. The van der Waals surface area contributed by atoms with Gasteiger partial charge in [-0.05, 0) is 13.3 Å². The molecule has 0 radical (unpaired) electrons. The van der Waals surface area contributed by atoms with Crippen LogP contribution in [-0.4, -0.2) is 29.6 Å². The van der Waals surface area contributed by atoms with Crippen molar-refractivity contribution in [1.29, 1.82) is 5.26 Å². The molecular formula is C11H15NO4. The summed E-state index contributed by atoms with van der Waals surface area (Å²) in [6.07, 6.45) is 1.14. The minimum atomic E-state index is -1.23. The summed E-state index contributed by atoms with van der Waals surface area (Å²) < 4.78 is 4.75. The molecule has 0 bridgehead atoms. The van der Waals surface area contributed by atoms with E-state index in [0.29, 0.717) is 6.42 Å². The molecule has 0 saturated carbocycles. The Hall–Kier alpha value is -1.67. The van der Waals surface area contributed by atoms with Crippen LogP contribution in [0.5, 0.6) is 0 Å². The Kier molecular flexibility index (Phi) is 6.81. The third-order valence-corrected chi connectivity index (χ3v) is 1.77. The van der Waals surface area contributed by atoms with Crippen LogP contribution in [-0.2, 0) is 14.3 Å². The van der Waals surface area contributed by atoms with Crippen molar-refractivity contribution in [1.82, 2.24) is 0 Å². The number of aliphatic hydroxyl groups excluding tert-OH is 1. The van der Waals surface area contributed by atoms with E-state index >= 15 is 0 Å². The van der Waals surface area contributed by atoms with Crippen LogP contribution < -0.4 is 0 Å². The van der Waals surface area contributed by atoms with Gasteiger partial charge < -0.3 is 9.84 Å². The number of hydrogen-bond acceptors (Lipinski definition) is 5. The Bertz CT molecular complexity index is 325. The van der Waals surface area contributed by atoms with Gasteiger partial charge in [-0.1, -0.05) is 13.3 Å². The first kappa shape index (κ1) is 14.3. The van der Waals surface area contributed by atoms with Gasteiger partial charge in [0.2, 0.25) is 0 Å². The van der Waals surface area contributed by atoms with E-state index in [1.54, 1.807) is 6.07 Å². The van der Waals surface area contributed by atoms with Crippen LogP contribution in [0.2, 0.25) is 0 Å². The van der Waals surface area contributed by atoms with Crippen molar-refractivity contribution in [2.45, 2.75) is 32.8 Å². The van der Waals surface area contributed by atoms with Crippen LogP contribution in [0, 0.1) is 11.3 Å². The summed E-state index contributed by atoms with van der Waals surface area (Å²) in [7, 11) is 0. The number of ether oxygens (including phenoxy) is 1. The van der Waals surface area contributed by atoms with E-state index in [0.717, 1.165) is 12.5 Å². The van der Waals surface area contributed by atoms with Gasteiger partial charge in [0.15, 0.2) is 5.78 Å². The van der Waals surface area contributed by atoms with Crippen molar-refractivity contribution in [3.05, 3.63) is 11.6 Å². The summed E-state index contributed by atoms with van der Waals surface area (Å²) in [5.74, 6) is -1.52. The fourth-order valence-electron chi connectivity index (χ4n) is 0.787. The molecule has 0 aliphatic rings. The lowest BCUT2D eigenvalue weighted by Gasteiger charge is -2.02. The lowest BCUT2D eigenvalue weighted by atomic mass is 10.2. The molecule has 88 valence electrons. The van der Waals surface area contributed by atoms with E-state index in [9.17, 15) is 9.59 Å². The van der Waals surface area contributed by atoms with Crippen LogP contribution in [0.25, 0.3) is 0 Å². The van der Waals surface area contributed by atoms with Gasteiger partial charge in [-0.15, -0.1) is 0 Å². The normalized spacial score (nSPS) is 12.8. The van der Waals surface area contributed by atoms with Crippen molar-refractivity contribution in [3.8, 4) is 6.07 Å². The molecule has 0 heterocycles. The molecule has 0 aliphatic heterocycles. The van der Waals surface area contributed by atoms with Crippen LogP contribution >= 0.6 is 0 Å². The zero-order valence-electron chi connectivity index (χ0n) is 9.40. The van der Waals surface area contributed by atoms with E-state index in [1.165, 1.54) is 6.92 Å². The fraction of sp³-hybridized carbons (Fsp3) is 0.545. The van der Waals surface area contributed by atoms with Gasteiger partial charge in [0.1, 0.15) is 17.7 Å². The number of rotatable bonds is 6. The third kappa shape index (κ3) is 5.27. The molecule has 0 amide bonds. The average Bonchev–Trinajstić information content (AvgIpc) is 2.25. The van der Waals surface area contributed by atoms with Gasteiger partial charge in [-0.25, -0.2) is 4.79 Å². The summed E-state index contributed by atoms with van der Waals surface area (Å²) in [6.45, 7) is 3.42. The van der Waals surface area contributed by atoms with Gasteiger partial charge in [-0.3, -0.25) is 4.79 Å². The summed E-state index contributed by atoms with van der Waals surface area (Å²) in [6, 6.07) is 1.57. The van der Waals surface area contributed by atoms with E-state index in [-0.39, 0.29) is 12.2 Å². The maximum Gasteiger partial charge on any atom is 0.349 e. The number of carbonyl (C=O) groups excluding carboxylic acids is 2. The smallest absolute Gasteiger partial charge is 0.349 e. The number of esters is 1. The summed E-state index contributed by atoms with van der Waals surface area (Å²) in [4.78, 5) is 22.3. The highest BCUT2D eigenvalue weighted by molar-refractivity contribution is 6.03. The summed E-state index contributed by atoms with van der Waals surface area (Å²) in [5, 5.41) is 17.5. The van der Waals surface area contributed by atoms with Gasteiger partial charge in [-0.2, -0.15) is 5.26 Å². The van der Waals surface area contributed by atoms with E-state index in [1.807, 2.05) is 6.92 Å². The van der Waals surface area contributed by atoms with Gasteiger partial charge in [0, 0.05) is 6.08 Å². The highest BCUT2D eigenvalue weighted by Gasteiger charge is 2.14. The second kappa shape index (κ2) is 7.60. The lowest BCUT2D eigenvalue weighted by Crippen LogP contribution is -2.16. The number of nitrogens with zero attached hydrogens (tertiary/aromatic N) is 1. The van der Waals surface area contributed by atoms with Crippen molar-refractivity contribution in [2.75, 3.05) is 6.61 Å². The number of unbranched alkanes of at least 4 members (excludes halogenated alkanes) is 1. The average molecular weight is 225 g/mol. The first-order chi connectivity index (χ1) is 7.52. The predicted molar refractivity (Wildman–Crippen MR) is 56.3 cm³/mol. The third-order valence-electron chi connectivity index (χ3n) is 1.77. The molecule has 1 unspecified atom stereocenters. The van der Waals surface area contributed by atoms with Crippen LogP contribution in [0.15, 0.2) is 11.6 Å². The zero-order valence-corrected chi connectivity index (χ0v) is 9.40. The Morgan fingerprint density at radius 1 is 1.56 bits per heavy atom. The first-order valence-electron chi connectivity index (χ1n) is 5.03. The molecule has 0 aromatic carbocycles. The molecule has 1 atom stereocenters. The predicted octanol–water partition coefficient (Wildman–Crippen LogP) is 0.730. The molecule has 0 fully saturated rings. The minimum Gasteiger partial charge on any atom is -0.462 e. The fourth-order valence-corrected chi connectivity index (χ4v) is 0.787. The number of carbonyl (C=O) groups is 2. The van der Waals surface area contributed by atoms with E-state index in [4.69, 9.17) is 15.1 Å². The zero-order chi connectivity index (χ0) is 12.6. The van der Waals surface area contributed by atoms with E-state index in [2.05, 4.69) is 0 Å². The molecule has 0 aliphatic carbocycles. The summed E-state index contributed by atoms with van der Waals surface area (Å²) >= 11 is 0. The van der Waals surface area contributed by atoms with Crippen LogP contribution in [0.1, 0.15) is 26.7 Å². The van der Waals surface area contributed by atoms with Gasteiger partial charge in [0.05, 0.1) is 6.61 Å². The number of ketones is 1. The molecule has 1 N–H and O–H groups in total. The van der Waals surface area contributed by atoms with Gasteiger partial charge in [0.25, 0.3) is 0 Å². The molecule has 0 aromatic rings. The molecule has 0 spiro atoms. The maximum absolute atomic E-state index is 11.3. The van der Waals surface area contributed by atoms with Crippen molar-refractivity contribution in [2.24, 2.45) is 0 Å². The quantitative estimate of drug-likeness (QED) is 0.311. The highest BCUT2D eigenvalue weighted by atomic mass is 16.5. The highest BCUT2D eigenvalue weighted by Crippen LogP contribution is 2.00. The number of nitriles is 1. The second-order valence-corrected chi connectivity index (χ2v) is 3.24. The Balaban J connectivity index is 4.45. The SMILES string of the molecule is CCCCOC(=O)C(C#N)=CC(=O)C(C)O. The summed E-state index contributed by atoms with van der Waals surface area (Å²) in [5.41, 5.74) is -0.387. The van der Waals surface area contributed by atoms with Gasteiger partial charge >= 0.3 is 5.97 Å². The Morgan fingerprint density at radius 3 is 2.62 bits per heavy atom. The van der Waals surface area contributed by atoms with Crippen LogP contribution in [0.3, 0.4) is 0 Å². The molecular weight excluding hydrogens is 210 g/mol. The molecule has 0 aromatic heterocycles. The standard InChI is InChI=1S/C11H15NO4/c1-3-4-5-16-11(15)9(7-12)6-10(14)8(2)13/h6,8,13H,3-5H2,1-2H3. The minimum absolute atomic E-state index is 0.219. The van der Waals surface area contributed by atoms with Crippen molar-refractivity contribution in [3.63, 3.8) is 0 Å². The molecule has 16 heavy (non-hydrogen) atoms. The Labute approximate surface area is 94.3 Å². The molecule has 5 nitrogen and oxygen atoms in total. The van der Waals surface area contributed by atoms with E-state index < -0.39 is 17.9 Å². The monoisotopic (exact) mass is 225 g/mol. The maximum atomic E-state index is 11.3. The Morgan fingerprint density at radius 2 is 2.19 bits per heavy atom. The molecule has 0 saturated heterocycles. The van der Waals surface area contributed by atoms with Crippen molar-refractivity contribution < 1.29 is 19.4 Å². The van der Waals surface area contributed by atoms with Crippen LogP contribution in [0.4, 0.5) is 0 Å². The number of hydrogen-bond donors (Lipinski definition) is 1. The second-order valence-electron chi connectivity index (χ2n) is 3.24. The molecule has 5 heteroatoms.